The van der Waals surface area contributed by atoms with E-state index in [1.165, 1.54) is 27.8 Å². The molecule has 9 rings (SSSR count). The Hall–Kier alpha value is -4.83. The second-order valence-electron chi connectivity index (χ2n) is 12.2. The monoisotopic (exact) mass is 557 g/mol. The maximum atomic E-state index is 6.43. The highest BCUT2D eigenvalue weighted by Gasteiger charge is 2.37. The van der Waals surface area contributed by atoms with E-state index < -0.39 is 0 Å². The van der Waals surface area contributed by atoms with E-state index in [0.29, 0.717) is 11.8 Å². The molecule has 0 N–H and O–H groups in total. The van der Waals surface area contributed by atoms with Crippen LogP contribution in [-0.2, 0) is 6.42 Å². The SMILES string of the molecule is C1=CC2C=Cc3cc(-c4nc(-c5cccc6c5C5C=CCCC5O6)nc(C5C=Cc6ccccc6C5)n4)ccc3C2C=C1. The number of allylic oxidation sites excluding steroid dienone is 7. The summed E-state index contributed by atoms with van der Waals surface area (Å²) in [7, 11) is 0. The van der Waals surface area contributed by atoms with Crippen molar-refractivity contribution in [3.63, 3.8) is 0 Å². The van der Waals surface area contributed by atoms with E-state index in [1.807, 2.05) is 0 Å². The van der Waals surface area contributed by atoms with E-state index in [0.717, 1.165) is 53.6 Å². The van der Waals surface area contributed by atoms with Gasteiger partial charge in [-0.2, -0.15) is 0 Å². The van der Waals surface area contributed by atoms with Gasteiger partial charge in [0.2, 0.25) is 0 Å². The second-order valence-corrected chi connectivity index (χ2v) is 12.2. The van der Waals surface area contributed by atoms with Crippen molar-refractivity contribution in [2.75, 3.05) is 0 Å². The van der Waals surface area contributed by atoms with Crippen LogP contribution in [0.4, 0.5) is 0 Å². The predicted octanol–water partition coefficient (Wildman–Crippen LogP) is 8.61. The fourth-order valence-corrected chi connectivity index (χ4v) is 7.46. The molecule has 4 aliphatic carbocycles. The van der Waals surface area contributed by atoms with E-state index in [-0.39, 0.29) is 17.9 Å². The minimum absolute atomic E-state index is 0.0724. The van der Waals surface area contributed by atoms with E-state index >= 15 is 0 Å². The summed E-state index contributed by atoms with van der Waals surface area (Å²) >= 11 is 0. The van der Waals surface area contributed by atoms with Gasteiger partial charge in [-0.3, -0.25) is 0 Å². The maximum Gasteiger partial charge on any atom is 0.164 e. The first-order valence-corrected chi connectivity index (χ1v) is 15.4. The van der Waals surface area contributed by atoms with Crippen molar-refractivity contribution in [2.45, 2.75) is 43.1 Å². The Morgan fingerprint density at radius 2 is 1.63 bits per heavy atom. The molecular formula is C39H31N3O. The number of ether oxygens (including phenoxy) is 1. The van der Waals surface area contributed by atoms with Crippen LogP contribution in [-0.4, -0.2) is 21.1 Å². The Balaban J connectivity index is 1.19. The molecule has 4 aromatic rings. The fourth-order valence-electron chi connectivity index (χ4n) is 7.46. The Morgan fingerprint density at radius 1 is 0.721 bits per heavy atom. The largest absolute Gasteiger partial charge is 0.489 e. The molecule has 1 aliphatic heterocycles. The van der Waals surface area contributed by atoms with Gasteiger partial charge in [0.25, 0.3) is 0 Å². The number of nitrogens with zero attached hydrogens (tertiary/aromatic N) is 3. The third kappa shape index (κ3) is 4.16. The van der Waals surface area contributed by atoms with Gasteiger partial charge in [-0.1, -0.05) is 109 Å². The smallest absolute Gasteiger partial charge is 0.164 e. The van der Waals surface area contributed by atoms with E-state index in [9.17, 15) is 0 Å². The van der Waals surface area contributed by atoms with Gasteiger partial charge < -0.3 is 4.74 Å². The molecule has 4 nitrogen and oxygen atoms in total. The quantitative estimate of drug-likeness (QED) is 0.237. The van der Waals surface area contributed by atoms with Crippen molar-refractivity contribution < 1.29 is 4.74 Å². The molecule has 3 aromatic carbocycles. The molecule has 5 aliphatic rings. The summed E-state index contributed by atoms with van der Waals surface area (Å²) in [5.41, 5.74) is 8.44. The van der Waals surface area contributed by atoms with Gasteiger partial charge in [-0.05, 0) is 53.6 Å². The lowest BCUT2D eigenvalue weighted by Gasteiger charge is -2.27. The van der Waals surface area contributed by atoms with Gasteiger partial charge in [-0.25, -0.2) is 15.0 Å². The van der Waals surface area contributed by atoms with Crippen LogP contribution < -0.4 is 4.74 Å². The lowest BCUT2D eigenvalue weighted by molar-refractivity contribution is 0.204. The van der Waals surface area contributed by atoms with Crippen LogP contribution in [0.15, 0.2) is 109 Å². The number of aromatic nitrogens is 3. The van der Waals surface area contributed by atoms with Crippen molar-refractivity contribution in [3.05, 3.63) is 143 Å². The van der Waals surface area contributed by atoms with Crippen molar-refractivity contribution in [2.24, 2.45) is 5.92 Å². The van der Waals surface area contributed by atoms with Crippen LogP contribution in [0.25, 0.3) is 34.9 Å². The molecule has 0 radical (unpaired) electrons. The average molecular weight is 558 g/mol. The van der Waals surface area contributed by atoms with Crippen LogP contribution in [0.1, 0.15) is 64.2 Å². The molecule has 43 heavy (non-hydrogen) atoms. The summed E-state index contributed by atoms with van der Waals surface area (Å²) in [5, 5.41) is 0. The highest BCUT2D eigenvalue weighted by molar-refractivity contribution is 5.72. The molecule has 5 atom stereocenters. The number of fused-ring (bicyclic) bond motifs is 7. The lowest BCUT2D eigenvalue weighted by Crippen LogP contribution is -2.19. The van der Waals surface area contributed by atoms with Crippen molar-refractivity contribution in [1.29, 1.82) is 0 Å². The summed E-state index contributed by atoms with van der Waals surface area (Å²) < 4.78 is 6.43. The summed E-state index contributed by atoms with van der Waals surface area (Å²) in [6, 6.07) is 21.6. The molecule has 0 amide bonds. The van der Waals surface area contributed by atoms with Gasteiger partial charge >= 0.3 is 0 Å². The van der Waals surface area contributed by atoms with Gasteiger partial charge in [0.1, 0.15) is 17.7 Å². The van der Waals surface area contributed by atoms with Crippen LogP contribution in [0.2, 0.25) is 0 Å². The zero-order chi connectivity index (χ0) is 28.3. The highest BCUT2D eigenvalue weighted by Crippen LogP contribution is 2.47. The lowest BCUT2D eigenvalue weighted by atomic mass is 9.77. The first-order chi connectivity index (χ1) is 21.3. The Labute approximate surface area is 251 Å². The molecule has 0 fully saturated rings. The van der Waals surface area contributed by atoms with Crippen molar-refractivity contribution in [3.8, 4) is 28.5 Å². The van der Waals surface area contributed by atoms with E-state index in [1.54, 1.807) is 0 Å². The summed E-state index contributed by atoms with van der Waals surface area (Å²) in [4.78, 5) is 15.5. The first-order valence-electron chi connectivity index (χ1n) is 15.4. The molecule has 208 valence electrons. The Morgan fingerprint density at radius 3 is 2.63 bits per heavy atom. The molecule has 4 heteroatoms. The number of hydrogen-bond acceptors (Lipinski definition) is 4. The van der Waals surface area contributed by atoms with Crippen molar-refractivity contribution >= 4 is 12.2 Å². The number of hydrogen-bond donors (Lipinski definition) is 0. The summed E-state index contributed by atoms with van der Waals surface area (Å²) in [6.45, 7) is 0. The normalized spacial score (nSPS) is 25.3. The van der Waals surface area contributed by atoms with E-state index in [2.05, 4.69) is 121 Å². The zero-order valence-electron chi connectivity index (χ0n) is 23.8. The van der Waals surface area contributed by atoms with Crippen LogP contribution in [0.3, 0.4) is 0 Å². The van der Waals surface area contributed by atoms with Crippen molar-refractivity contribution in [1.82, 2.24) is 15.0 Å². The second kappa shape index (κ2) is 9.88. The first kappa shape index (κ1) is 24.7. The Kier molecular flexibility index (Phi) is 5.68. The molecule has 0 saturated heterocycles. The predicted molar refractivity (Wildman–Crippen MR) is 172 cm³/mol. The molecule has 2 heterocycles. The molecule has 5 unspecified atom stereocenters. The molecule has 1 aromatic heterocycles. The minimum atomic E-state index is 0.0724. The van der Waals surface area contributed by atoms with Crippen LogP contribution in [0, 0.1) is 5.92 Å². The maximum absolute atomic E-state index is 6.43. The van der Waals surface area contributed by atoms with E-state index in [4.69, 9.17) is 19.7 Å². The number of rotatable bonds is 3. The fraction of sp³-hybridized carbons (Fsp3) is 0.205. The van der Waals surface area contributed by atoms with Gasteiger partial charge in [0.15, 0.2) is 11.6 Å². The summed E-state index contributed by atoms with van der Waals surface area (Å²) in [5.74, 6) is 4.30. The Bertz CT molecular complexity index is 1930. The number of benzene rings is 3. The van der Waals surface area contributed by atoms with Crippen LogP contribution in [0.5, 0.6) is 5.75 Å². The molecule has 0 saturated carbocycles. The molecule has 0 spiro atoms. The minimum Gasteiger partial charge on any atom is -0.489 e. The topological polar surface area (TPSA) is 47.9 Å². The zero-order valence-corrected chi connectivity index (χ0v) is 23.8. The van der Waals surface area contributed by atoms with Gasteiger partial charge in [0, 0.05) is 40.4 Å². The van der Waals surface area contributed by atoms with Gasteiger partial charge in [-0.15, -0.1) is 0 Å². The summed E-state index contributed by atoms with van der Waals surface area (Å²) in [6.07, 6.45) is 25.7. The third-order valence-electron chi connectivity index (χ3n) is 9.65. The highest BCUT2D eigenvalue weighted by atomic mass is 16.5. The molecular weight excluding hydrogens is 526 g/mol. The standard InChI is InChI=1S/C39H31N3O/c1-2-10-26-22-28(19-16-24(26)8-1)37-40-38(29-20-21-31-27(23-29)18-17-25-9-3-4-11-30(25)31)42-39(41-37)33-13-7-15-35-36(33)32-12-5-6-14-34(32)43-35/h1-5,7-13,15-21,23,25,28,30,32,34H,6,14,22H2. The average Bonchev–Trinajstić information content (AvgIpc) is 3.46. The van der Waals surface area contributed by atoms with Gasteiger partial charge in [0.05, 0.1) is 0 Å². The van der Waals surface area contributed by atoms with Crippen LogP contribution >= 0.6 is 0 Å². The molecule has 0 bridgehead atoms. The third-order valence-corrected chi connectivity index (χ3v) is 9.65.